The van der Waals surface area contributed by atoms with Gasteiger partial charge in [-0.25, -0.2) is 0 Å². The molecule has 3 rings (SSSR count). The standard InChI is InChI=1S/C21H22Cl2N2O3/c1-13-17(23)4-3-5-18(13)24-20(26)14-8-10-25(11-9-14)21(27)16-12-15(22)6-7-19(16)28-2/h3-7,12,14H,8-11H2,1-2H3,(H,24,26). The quantitative estimate of drug-likeness (QED) is 0.772. The van der Waals surface area contributed by atoms with E-state index in [2.05, 4.69) is 5.32 Å². The van der Waals surface area contributed by atoms with Gasteiger partial charge in [0.15, 0.2) is 0 Å². The van der Waals surface area contributed by atoms with Crippen molar-refractivity contribution in [3.63, 3.8) is 0 Å². The molecule has 5 nitrogen and oxygen atoms in total. The summed E-state index contributed by atoms with van der Waals surface area (Å²) in [6.45, 7) is 2.87. The third kappa shape index (κ3) is 4.42. The number of likely N-dealkylation sites (tertiary alicyclic amines) is 1. The summed E-state index contributed by atoms with van der Waals surface area (Å²) in [5.74, 6) is 0.163. The van der Waals surface area contributed by atoms with Gasteiger partial charge in [-0.2, -0.15) is 0 Å². The Morgan fingerprint density at radius 1 is 1.14 bits per heavy atom. The predicted octanol–water partition coefficient (Wildman–Crippen LogP) is 4.80. The second-order valence-corrected chi connectivity index (χ2v) is 7.66. The molecule has 2 amide bonds. The Kier molecular flexibility index (Phi) is 6.47. The Morgan fingerprint density at radius 2 is 1.86 bits per heavy atom. The van der Waals surface area contributed by atoms with Gasteiger partial charge in [0.2, 0.25) is 5.91 Å². The molecule has 0 spiro atoms. The lowest BCUT2D eigenvalue weighted by molar-refractivity contribution is -0.121. The molecule has 1 aliphatic rings. The number of carbonyl (C=O) groups excluding carboxylic acids is 2. The third-order valence-corrected chi connectivity index (χ3v) is 5.72. The average Bonchev–Trinajstić information content (AvgIpc) is 2.71. The van der Waals surface area contributed by atoms with Gasteiger partial charge < -0.3 is 15.0 Å². The normalized spacial score (nSPS) is 14.6. The fraction of sp³-hybridized carbons (Fsp3) is 0.333. The van der Waals surface area contributed by atoms with Crippen LogP contribution in [0.2, 0.25) is 10.0 Å². The number of amides is 2. The SMILES string of the molecule is COc1ccc(Cl)cc1C(=O)N1CCC(C(=O)Nc2cccc(Cl)c2C)CC1. The van der Waals surface area contributed by atoms with E-state index in [0.717, 1.165) is 11.3 Å². The zero-order chi connectivity index (χ0) is 20.3. The number of hydrogen-bond donors (Lipinski definition) is 1. The molecule has 0 aliphatic carbocycles. The molecule has 1 fully saturated rings. The van der Waals surface area contributed by atoms with Crippen LogP contribution in [0.5, 0.6) is 5.75 Å². The van der Waals surface area contributed by atoms with E-state index in [-0.39, 0.29) is 17.7 Å². The molecular weight excluding hydrogens is 399 g/mol. The van der Waals surface area contributed by atoms with Crippen molar-refractivity contribution in [3.8, 4) is 5.75 Å². The molecule has 0 aromatic heterocycles. The number of anilines is 1. The van der Waals surface area contributed by atoms with Gasteiger partial charge in [-0.1, -0.05) is 29.3 Å². The van der Waals surface area contributed by atoms with Crippen LogP contribution in [0.25, 0.3) is 0 Å². The minimum absolute atomic E-state index is 0.0437. The van der Waals surface area contributed by atoms with Gasteiger partial charge in [0, 0.05) is 34.7 Å². The highest BCUT2D eigenvalue weighted by molar-refractivity contribution is 6.32. The Balaban J connectivity index is 1.63. The molecule has 0 bridgehead atoms. The van der Waals surface area contributed by atoms with Crippen LogP contribution in [0.1, 0.15) is 28.8 Å². The number of benzene rings is 2. The molecule has 1 N–H and O–H groups in total. The summed E-state index contributed by atoms with van der Waals surface area (Å²) in [4.78, 5) is 27.2. The van der Waals surface area contributed by atoms with Crippen LogP contribution < -0.4 is 10.1 Å². The predicted molar refractivity (Wildman–Crippen MR) is 111 cm³/mol. The van der Waals surface area contributed by atoms with E-state index in [0.29, 0.717) is 47.3 Å². The average molecular weight is 421 g/mol. The first-order valence-corrected chi connectivity index (χ1v) is 9.85. The first-order valence-electron chi connectivity index (χ1n) is 9.09. The molecule has 1 saturated heterocycles. The minimum Gasteiger partial charge on any atom is -0.496 e. The zero-order valence-corrected chi connectivity index (χ0v) is 17.3. The number of ether oxygens (including phenoxy) is 1. The van der Waals surface area contributed by atoms with Gasteiger partial charge in [0.1, 0.15) is 5.75 Å². The smallest absolute Gasteiger partial charge is 0.257 e. The molecule has 0 atom stereocenters. The molecular formula is C21H22Cl2N2O3. The molecule has 1 aliphatic heterocycles. The summed E-state index contributed by atoms with van der Waals surface area (Å²) in [5.41, 5.74) is 2.00. The summed E-state index contributed by atoms with van der Waals surface area (Å²) in [7, 11) is 1.52. The van der Waals surface area contributed by atoms with Crippen LogP contribution >= 0.6 is 23.2 Å². The van der Waals surface area contributed by atoms with Crippen molar-refractivity contribution in [3.05, 3.63) is 57.6 Å². The highest BCUT2D eigenvalue weighted by atomic mass is 35.5. The van der Waals surface area contributed by atoms with Gasteiger partial charge in [0.05, 0.1) is 12.7 Å². The van der Waals surface area contributed by atoms with Gasteiger partial charge >= 0.3 is 0 Å². The van der Waals surface area contributed by atoms with Crippen LogP contribution in [0, 0.1) is 12.8 Å². The molecule has 28 heavy (non-hydrogen) atoms. The Labute approximate surface area is 174 Å². The maximum atomic E-state index is 12.9. The van der Waals surface area contributed by atoms with E-state index in [1.54, 1.807) is 29.2 Å². The topological polar surface area (TPSA) is 58.6 Å². The van der Waals surface area contributed by atoms with E-state index in [1.807, 2.05) is 19.1 Å². The summed E-state index contributed by atoms with van der Waals surface area (Å²) in [5, 5.41) is 4.06. The summed E-state index contributed by atoms with van der Waals surface area (Å²) < 4.78 is 5.28. The summed E-state index contributed by atoms with van der Waals surface area (Å²) >= 11 is 12.1. The first kappa shape index (κ1) is 20.5. The van der Waals surface area contributed by atoms with Crippen molar-refractivity contribution in [2.24, 2.45) is 5.92 Å². The van der Waals surface area contributed by atoms with E-state index < -0.39 is 0 Å². The van der Waals surface area contributed by atoms with Crippen molar-refractivity contribution < 1.29 is 14.3 Å². The van der Waals surface area contributed by atoms with Crippen molar-refractivity contribution in [1.29, 1.82) is 0 Å². The molecule has 2 aromatic carbocycles. The van der Waals surface area contributed by atoms with Crippen LogP contribution in [-0.2, 0) is 4.79 Å². The lowest BCUT2D eigenvalue weighted by Gasteiger charge is -2.31. The number of rotatable bonds is 4. The number of halogens is 2. The van der Waals surface area contributed by atoms with Crippen molar-refractivity contribution >= 4 is 40.7 Å². The monoisotopic (exact) mass is 420 g/mol. The van der Waals surface area contributed by atoms with E-state index in [9.17, 15) is 9.59 Å². The highest BCUT2D eigenvalue weighted by Gasteiger charge is 2.29. The van der Waals surface area contributed by atoms with Crippen LogP contribution in [0.4, 0.5) is 5.69 Å². The van der Waals surface area contributed by atoms with Crippen LogP contribution in [0.15, 0.2) is 36.4 Å². The second kappa shape index (κ2) is 8.84. The number of piperidine rings is 1. The molecule has 0 saturated carbocycles. The number of carbonyl (C=O) groups is 2. The number of nitrogens with one attached hydrogen (secondary N) is 1. The van der Waals surface area contributed by atoms with Crippen molar-refractivity contribution in [2.45, 2.75) is 19.8 Å². The maximum Gasteiger partial charge on any atom is 0.257 e. The molecule has 0 unspecified atom stereocenters. The van der Waals surface area contributed by atoms with E-state index in [1.165, 1.54) is 7.11 Å². The van der Waals surface area contributed by atoms with E-state index >= 15 is 0 Å². The van der Waals surface area contributed by atoms with Gasteiger partial charge in [-0.3, -0.25) is 9.59 Å². The lowest BCUT2D eigenvalue weighted by Crippen LogP contribution is -2.41. The molecule has 1 heterocycles. The first-order chi connectivity index (χ1) is 13.4. The number of methoxy groups -OCH3 is 1. The molecule has 0 radical (unpaired) electrons. The Bertz CT molecular complexity index is 893. The molecule has 2 aromatic rings. The molecule has 7 heteroatoms. The van der Waals surface area contributed by atoms with E-state index in [4.69, 9.17) is 27.9 Å². The second-order valence-electron chi connectivity index (χ2n) is 6.81. The minimum atomic E-state index is -0.149. The fourth-order valence-electron chi connectivity index (χ4n) is 3.34. The Hall–Kier alpha value is -2.24. The third-order valence-electron chi connectivity index (χ3n) is 5.07. The Morgan fingerprint density at radius 3 is 2.54 bits per heavy atom. The highest BCUT2D eigenvalue weighted by Crippen LogP contribution is 2.28. The van der Waals surface area contributed by atoms with Gasteiger partial charge in [0.25, 0.3) is 5.91 Å². The van der Waals surface area contributed by atoms with Gasteiger partial charge in [-0.15, -0.1) is 0 Å². The number of hydrogen-bond acceptors (Lipinski definition) is 3. The summed E-state index contributed by atoms with van der Waals surface area (Å²) in [6, 6.07) is 10.4. The van der Waals surface area contributed by atoms with Crippen molar-refractivity contribution in [1.82, 2.24) is 4.90 Å². The lowest BCUT2D eigenvalue weighted by atomic mass is 9.95. The van der Waals surface area contributed by atoms with Gasteiger partial charge in [-0.05, 0) is 55.7 Å². The largest absolute Gasteiger partial charge is 0.496 e. The van der Waals surface area contributed by atoms with Crippen LogP contribution in [-0.4, -0.2) is 36.9 Å². The summed E-state index contributed by atoms with van der Waals surface area (Å²) in [6.07, 6.45) is 1.19. The number of nitrogens with zero attached hydrogens (tertiary/aromatic N) is 1. The maximum absolute atomic E-state index is 12.9. The fourth-order valence-corrected chi connectivity index (χ4v) is 3.69. The molecule has 148 valence electrons. The van der Waals surface area contributed by atoms with Crippen LogP contribution in [0.3, 0.4) is 0 Å². The van der Waals surface area contributed by atoms with Crippen molar-refractivity contribution in [2.75, 3.05) is 25.5 Å². The zero-order valence-electron chi connectivity index (χ0n) is 15.8.